The fourth-order valence-corrected chi connectivity index (χ4v) is 3.30. The molecule has 3 N–H and O–H groups in total. The Kier molecular flexibility index (Phi) is 6.32. The van der Waals surface area contributed by atoms with Gasteiger partial charge in [-0.15, -0.1) is 0 Å². The standard InChI is InChI=1S/C16H22N4O2.CH2O2/c1-3-13-18-10(2)14(19-13)15-17-8-9-20(15)12-6-4-11(5-7-12)16(21)22;2-1-3/h8-9,11-12H,3-7H2,1-2H3,(H,18,19)(H,21,22);1H,(H,2,3). The zero-order valence-electron chi connectivity index (χ0n) is 14.5. The molecule has 2 aromatic rings. The van der Waals surface area contributed by atoms with Crippen LogP contribution in [0.15, 0.2) is 12.4 Å². The Balaban J connectivity index is 0.000000701. The van der Waals surface area contributed by atoms with Crippen LogP contribution in [0.4, 0.5) is 0 Å². The van der Waals surface area contributed by atoms with E-state index in [0.29, 0.717) is 6.04 Å². The molecule has 0 unspecified atom stereocenters. The Morgan fingerprint density at radius 3 is 2.56 bits per heavy atom. The lowest BCUT2D eigenvalue weighted by atomic mass is 9.86. The number of H-pyrrole nitrogens is 1. The summed E-state index contributed by atoms with van der Waals surface area (Å²) in [5.74, 6) is 0.992. The normalized spacial score (nSPS) is 19.8. The van der Waals surface area contributed by atoms with Crippen LogP contribution in [0.3, 0.4) is 0 Å². The minimum atomic E-state index is -0.667. The highest BCUT2D eigenvalue weighted by molar-refractivity contribution is 5.70. The molecule has 8 nitrogen and oxygen atoms in total. The lowest BCUT2D eigenvalue weighted by molar-refractivity contribution is -0.143. The van der Waals surface area contributed by atoms with Gasteiger partial charge >= 0.3 is 5.97 Å². The second-order valence-electron chi connectivity index (χ2n) is 6.12. The van der Waals surface area contributed by atoms with Gasteiger partial charge in [0.15, 0.2) is 5.82 Å². The van der Waals surface area contributed by atoms with E-state index >= 15 is 0 Å². The monoisotopic (exact) mass is 348 g/mol. The summed E-state index contributed by atoms with van der Waals surface area (Å²) in [6, 6.07) is 0.314. The maximum absolute atomic E-state index is 11.1. The molecule has 3 rings (SSSR count). The van der Waals surface area contributed by atoms with Gasteiger partial charge in [-0.25, -0.2) is 9.97 Å². The zero-order chi connectivity index (χ0) is 18.4. The molecule has 8 heteroatoms. The van der Waals surface area contributed by atoms with Crippen LogP contribution in [-0.2, 0) is 16.0 Å². The van der Waals surface area contributed by atoms with Crippen LogP contribution in [0, 0.1) is 12.8 Å². The minimum Gasteiger partial charge on any atom is -0.483 e. The predicted molar refractivity (Wildman–Crippen MR) is 91.2 cm³/mol. The summed E-state index contributed by atoms with van der Waals surface area (Å²) in [5, 5.41) is 16.0. The Morgan fingerprint density at radius 1 is 1.40 bits per heavy atom. The van der Waals surface area contributed by atoms with Crippen LogP contribution in [0.5, 0.6) is 0 Å². The molecule has 0 aliphatic heterocycles. The van der Waals surface area contributed by atoms with E-state index in [-0.39, 0.29) is 12.4 Å². The van der Waals surface area contributed by atoms with Crippen molar-refractivity contribution in [2.75, 3.05) is 0 Å². The van der Waals surface area contributed by atoms with Gasteiger partial charge in [0.25, 0.3) is 6.47 Å². The fraction of sp³-hybridized carbons (Fsp3) is 0.529. The van der Waals surface area contributed by atoms with Gasteiger partial charge in [-0.05, 0) is 32.6 Å². The number of hydrogen-bond acceptors (Lipinski definition) is 4. The second kappa shape index (κ2) is 8.46. The number of aromatic nitrogens is 4. The first-order valence-corrected chi connectivity index (χ1v) is 8.41. The quantitative estimate of drug-likeness (QED) is 0.730. The Morgan fingerprint density at radius 2 is 2.04 bits per heavy atom. The summed E-state index contributed by atoms with van der Waals surface area (Å²) < 4.78 is 2.17. The first-order chi connectivity index (χ1) is 12.0. The van der Waals surface area contributed by atoms with Gasteiger partial charge < -0.3 is 19.8 Å². The number of rotatable bonds is 4. The minimum absolute atomic E-state index is 0.193. The molecular formula is C17H24N4O4. The van der Waals surface area contributed by atoms with Crippen LogP contribution in [-0.4, -0.2) is 42.2 Å². The van der Waals surface area contributed by atoms with Crippen molar-refractivity contribution in [1.29, 1.82) is 0 Å². The number of carbonyl (C=O) groups is 2. The third-order valence-electron chi connectivity index (χ3n) is 4.59. The summed E-state index contributed by atoms with van der Waals surface area (Å²) in [6.07, 6.45) is 7.88. The van der Waals surface area contributed by atoms with Crippen LogP contribution < -0.4 is 0 Å². The Labute approximate surface area is 145 Å². The van der Waals surface area contributed by atoms with Crippen LogP contribution >= 0.6 is 0 Å². The van der Waals surface area contributed by atoms with Crippen molar-refractivity contribution in [3.8, 4) is 11.5 Å². The van der Waals surface area contributed by atoms with Crippen molar-refractivity contribution in [1.82, 2.24) is 19.5 Å². The molecule has 2 aromatic heterocycles. The van der Waals surface area contributed by atoms with Crippen LogP contribution in [0.1, 0.15) is 50.2 Å². The molecule has 0 atom stereocenters. The highest BCUT2D eigenvalue weighted by Gasteiger charge is 2.28. The van der Waals surface area contributed by atoms with E-state index in [1.54, 1.807) is 6.20 Å². The zero-order valence-corrected chi connectivity index (χ0v) is 14.5. The molecule has 0 saturated heterocycles. The average molecular weight is 348 g/mol. The first-order valence-electron chi connectivity index (χ1n) is 8.41. The van der Waals surface area contributed by atoms with Gasteiger partial charge in [-0.3, -0.25) is 9.59 Å². The van der Waals surface area contributed by atoms with Crippen molar-refractivity contribution in [3.05, 3.63) is 23.9 Å². The van der Waals surface area contributed by atoms with Crippen molar-refractivity contribution < 1.29 is 19.8 Å². The molecule has 0 aromatic carbocycles. The lowest BCUT2D eigenvalue weighted by Gasteiger charge is -2.28. The van der Waals surface area contributed by atoms with Crippen molar-refractivity contribution in [2.24, 2.45) is 5.92 Å². The molecule has 25 heavy (non-hydrogen) atoms. The van der Waals surface area contributed by atoms with E-state index in [1.807, 2.05) is 13.1 Å². The van der Waals surface area contributed by atoms with Crippen LogP contribution in [0.2, 0.25) is 0 Å². The Bertz CT molecular complexity index is 714. The largest absolute Gasteiger partial charge is 0.483 e. The molecule has 136 valence electrons. The number of aryl methyl sites for hydroxylation is 2. The van der Waals surface area contributed by atoms with Crippen LogP contribution in [0.25, 0.3) is 11.5 Å². The number of aliphatic carboxylic acids is 1. The maximum atomic E-state index is 11.1. The molecule has 1 aliphatic carbocycles. The van der Waals surface area contributed by atoms with Gasteiger partial charge in [-0.1, -0.05) is 6.92 Å². The summed E-state index contributed by atoms with van der Waals surface area (Å²) >= 11 is 0. The molecule has 1 saturated carbocycles. The maximum Gasteiger partial charge on any atom is 0.306 e. The highest BCUT2D eigenvalue weighted by Crippen LogP contribution is 2.35. The smallest absolute Gasteiger partial charge is 0.306 e. The molecular weight excluding hydrogens is 324 g/mol. The number of carboxylic acid groups (broad SMARTS) is 2. The fourth-order valence-electron chi connectivity index (χ4n) is 3.30. The number of imidazole rings is 2. The van der Waals surface area contributed by atoms with Crippen molar-refractivity contribution in [2.45, 2.75) is 52.0 Å². The molecule has 0 spiro atoms. The van der Waals surface area contributed by atoms with E-state index in [1.165, 1.54) is 0 Å². The van der Waals surface area contributed by atoms with Gasteiger partial charge in [0.2, 0.25) is 0 Å². The van der Waals surface area contributed by atoms with Gasteiger partial charge in [-0.2, -0.15) is 0 Å². The van der Waals surface area contributed by atoms with E-state index in [0.717, 1.165) is 55.1 Å². The van der Waals surface area contributed by atoms with E-state index in [4.69, 9.17) is 15.0 Å². The number of nitrogens with one attached hydrogen (secondary N) is 1. The summed E-state index contributed by atoms with van der Waals surface area (Å²) in [7, 11) is 0. The average Bonchev–Trinajstić information content (AvgIpc) is 3.21. The summed E-state index contributed by atoms with van der Waals surface area (Å²) in [6.45, 7) is 3.84. The third-order valence-corrected chi connectivity index (χ3v) is 4.59. The molecule has 2 heterocycles. The Hall–Kier alpha value is -2.64. The first kappa shape index (κ1) is 18.7. The summed E-state index contributed by atoms with van der Waals surface area (Å²) in [5.41, 5.74) is 1.94. The molecule has 1 fully saturated rings. The molecule has 0 radical (unpaired) electrons. The molecule has 0 amide bonds. The topological polar surface area (TPSA) is 121 Å². The van der Waals surface area contributed by atoms with Gasteiger partial charge in [0.1, 0.15) is 11.5 Å². The number of hydrogen-bond donors (Lipinski definition) is 3. The molecule has 1 aliphatic rings. The van der Waals surface area contributed by atoms with E-state index in [9.17, 15) is 4.79 Å². The second-order valence-corrected chi connectivity index (χ2v) is 6.12. The van der Waals surface area contributed by atoms with E-state index in [2.05, 4.69) is 26.4 Å². The lowest BCUT2D eigenvalue weighted by Crippen LogP contribution is -2.23. The number of aromatic amines is 1. The van der Waals surface area contributed by atoms with Crippen molar-refractivity contribution in [3.63, 3.8) is 0 Å². The number of carboxylic acids is 1. The molecule has 0 bridgehead atoms. The van der Waals surface area contributed by atoms with Crippen molar-refractivity contribution >= 4 is 12.4 Å². The third kappa shape index (κ3) is 4.26. The van der Waals surface area contributed by atoms with Gasteiger partial charge in [0.05, 0.1) is 5.92 Å². The van der Waals surface area contributed by atoms with E-state index < -0.39 is 5.97 Å². The van der Waals surface area contributed by atoms with Gasteiger partial charge in [0, 0.05) is 30.6 Å². The summed E-state index contributed by atoms with van der Waals surface area (Å²) in [4.78, 5) is 31.9. The number of nitrogens with zero attached hydrogens (tertiary/aromatic N) is 3. The highest BCUT2D eigenvalue weighted by atomic mass is 16.4. The predicted octanol–water partition coefficient (Wildman–Crippen LogP) is 2.66. The SMILES string of the molecule is CCc1nc(-c2nccn2C2CCC(C(=O)O)CC2)c(C)[nH]1.O=CO.